The highest BCUT2D eigenvalue weighted by atomic mass is 16.5. The van der Waals surface area contributed by atoms with Crippen LogP contribution in [-0.4, -0.2) is 6.10 Å². The molecule has 2 nitrogen and oxygen atoms in total. The zero-order valence-corrected chi connectivity index (χ0v) is 12.7. The van der Waals surface area contributed by atoms with E-state index in [4.69, 9.17) is 9.15 Å². The van der Waals surface area contributed by atoms with E-state index in [0.717, 1.165) is 34.5 Å². The lowest BCUT2D eigenvalue weighted by Gasteiger charge is -2.14. The number of benzene rings is 2. The summed E-state index contributed by atoms with van der Waals surface area (Å²) in [6.07, 6.45) is 1.13. The van der Waals surface area contributed by atoms with Crippen LogP contribution in [0.3, 0.4) is 0 Å². The molecule has 2 heteroatoms. The number of fused-ring (bicyclic) bond motifs is 1. The summed E-state index contributed by atoms with van der Waals surface area (Å²) in [5, 5.41) is 1.13. The highest BCUT2D eigenvalue weighted by Crippen LogP contribution is 2.31. The van der Waals surface area contributed by atoms with Gasteiger partial charge in [0.1, 0.15) is 17.1 Å². The molecule has 0 atom stereocenters. The van der Waals surface area contributed by atoms with Crippen LogP contribution < -0.4 is 4.74 Å². The van der Waals surface area contributed by atoms with Gasteiger partial charge in [-0.25, -0.2) is 0 Å². The van der Waals surface area contributed by atoms with Gasteiger partial charge in [0, 0.05) is 10.9 Å². The molecule has 0 bridgehead atoms. The van der Waals surface area contributed by atoms with E-state index in [1.54, 1.807) is 0 Å². The van der Waals surface area contributed by atoms with Crippen LogP contribution in [0.2, 0.25) is 0 Å². The van der Waals surface area contributed by atoms with Crippen molar-refractivity contribution in [2.45, 2.75) is 33.3 Å². The van der Waals surface area contributed by atoms with Crippen LogP contribution in [0.5, 0.6) is 5.75 Å². The topological polar surface area (TPSA) is 22.4 Å². The highest BCUT2D eigenvalue weighted by Gasteiger charge is 2.10. The lowest BCUT2D eigenvalue weighted by atomic mass is 10.1. The number of hydrogen-bond donors (Lipinski definition) is 0. The Hall–Kier alpha value is -2.22. The van der Waals surface area contributed by atoms with Crippen molar-refractivity contribution in [1.82, 2.24) is 0 Å². The first-order valence-electron chi connectivity index (χ1n) is 7.46. The second-order valence-electron chi connectivity index (χ2n) is 5.49. The molecule has 0 saturated heterocycles. The fourth-order valence-corrected chi connectivity index (χ4v) is 2.50. The molecule has 1 aromatic heterocycles. The Morgan fingerprint density at radius 2 is 1.86 bits per heavy atom. The maximum atomic E-state index is 5.93. The summed E-state index contributed by atoms with van der Waals surface area (Å²) in [6, 6.07) is 16.4. The standard InChI is InChI=1S/C19H20O2/c1-4-14-11-16(9-10-18(14)20-13(2)3)19-12-15-7-5-6-8-17(15)21-19/h5-13H,4H2,1-3H3. The van der Waals surface area contributed by atoms with E-state index < -0.39 is 0 Å². The predicted molar refractivity (Wildman–Crippen MR) is 86.8 cm³/mol. The molecule has 0 radical (unpaired) electrons. The maximum Gasteiger partial charge on any atom is 0.135 e. The van der Waals surface area contributed by atoms with Gasteiger partial charge in [-0.1, -0.05) is 25.1 Å². The largest absolute Gasteiger partial charge is 0.491 e. The summed E-state index contributed by atoms with van der Waals surface area (Å²) < 4.78 is 11.8. The predicted octanol–water partition coefficient (Wildman–Crippen LogP) is 5.45. The molecule has 0 spiro atoms. The molecule has 0 saturated carbocycles. The molecule has 0 fully saturated rings. The number of ether oxygens (including phenoxy) is 1. The van der Waals surface area contributed by atoms with E-state index >= 15 is 0 Å². The molecular formula is C19H20O2. The van der Waals surface area contributed by atoms with Crippen molar-refractivity contribution in [3.63, 3.8) is 0 Å². The average molecular weight is 280 g/mol. The lowest BCUT2D eigenvalue weighted by Crippen LogP contribution is -2.07. The molecule has 2 aromatic carbocycles. The summed E-state index contributed by atoms with van der Waals surface area (Å²) in [5.41, 5.74) is 3.23. The Morgan fingerprint density at radius 3 is 2.57 bits per heavy atom. The molecule has 0 amide bonds. The molecule has 0 N–H and O–H groups in total. The summed E-state index contributed by atoms with van der Waals surface area (Å²) in [6.45, 7) is 6.24. The van der Waals surface area contributed by atoms with Gasteiger partial charge in [-0.15, -0.1) is 0 Å². The third-order valence-electron chi connectivity index (χ3n) is 3.51. The molecule has 3 aromatic rings. The first-order chi connectivity index (χ1) is 10.2. The molecule has 0 aliphatic rings. The molecule has 3 rings (SSSR count). The molecular weight excluding hydrogens is 260 g/mol. The van der Waals surface area contributed by atoms with Crippen molar-refractivity contribution in [2.24, 2.45) is 0 Å². The Morgan fingerprint density at radius 1 is 1.05 bits per heavy atom. The number of rotatable bonds is 4. The number of hydrogen-bond acceptors (Lipinski definition) is 2. The second kappa shape index (κ2) is 5.65. The van der Waals surface area contributed by atoms with E-state index in [1.165, 1.54) is 5.56 Å². The van der Waals surface area contributed by atoms with Gasteiger partial charge in [-0.2, -0.15) is 0 Å². The maximum absolute atomic E-state index is 5.93. The van der Waals surface area contributed by atoms with E-state index in [0.29, 0.717) is 0 Å². The van der Waals surface area contributed by atoms with Crippen LogP contribution in [0.4, 0.5) is 0 Å². The number of aryl methyl sites for hydroxylation is 1. The fourth-order valence-electron chi connectivity index (χ4n) is 2.50. The van der Waals surface area contributed by atoms with Crippen LogP contribution in [0.1, 0.15) is 26.3 Å². The van der Waals surface area contributed by atoms with Crippen molar-refractivity contribution < 1.29 is 9.15 Å². The van der Waals surface area contributed by atoms with Gasteiger partial charge in [0.05, 0.1) is 6.10 Å². The number of furan rings is 1. The van der Waals surface area contributed by atoms with E-state index in [-0.39, 0.29) is 6.10 Å². The lowest BCUT2D eigenvalue weighted by molar-refractivity contribution is 0.240. The number of para-hydroxylation sites is 1. The molecule has 0 aliphatic heterocycles. The Labute approximate surface area is 125 Å². The Kier molecular flexibility index (Phi) is 3.70. The van der Waals surface area contributed by atoms with Gasteiger partial charge < -0.3 is 9.15 Å². The summed E-state index contributed by atoms with van der Waals surface area (Å²) in [5.74, 6) is 1.87. The molecule has 108 valence electrons. The molecule has 21 heavy (non-hydrogen) atoms. The average Bonchev–Trinajstić information content (AvgIpc) is 2.91. The van der Waals surface area contributed by atoms with Gasteiger partial charge >= 0.3 is 0 Å². The molecule has 0 unspecified atom stereocenters. The van der Waals surface area contributed by atoms with Gasteiger partial charge in [-0.05, 0) is 56.2 Å². The van der Waals surface area contributed by atoms with Crippen molar-refractivity contribution >= 4 is 11.0 Å². The van der Waals surface area contributed by atoms with Crippen LogP contribution in [-0.2, 0) is 6.42 Å². The SMILES string of the molecule is CCc1cc(-c2cc3ccccc3o2)ccc1OC(C)C. The fraction of sp³-hybridized carbons (Fsp3) is 0.263. The van der Waals surface area contributed by atoms with E-state index in [1.807, 2.05) is 38.1 Å². The minimum atomic E-state index is 0.187. The highest BCUT2D eigenvalue weighted by molar-refractivity contribution is 5.82. The van der Waals surface area contributed by atoms with Crippen LogP contribution in [0.15, 0.2) is 52.9 Å². The quantitative estimate of drug-likeness (QED) is 0.634. The smallest absolute Gasteiger partial charge is 0.135 e. The van der Waals surface area contributed by atoms with Crippen LogP contribution >= 0.6 is 0 Å². The van der Waals surface area contributed by atoms with E-state index in [2.05, 4.69) is 31.2 Å². The molecule has 0 aliphatic carbocycles. The van der Waals surface area contributed by atoms with Gasteiger partial charge in [0.2, 0.25) is 0 Å². The third kappa shape index (κ3) is 2.80. The third-order valence-corrected chi connectivity index (χ3v) is 3.51. The van der Waals surface area contributed by atoms with Gasteiger partial charge in [-0.3, -0.25) is 0 Å². The zero-order valence-electron chi connectivity index (χ0n) is 12.7. The first kappa shape index (κ1) is 13.7. The first-order valence-corrected chi connectivity index (χ1v) is 7.46. The second-order valence-corrected chi connectivity index (χ2v) is 5.49. The van der Waals surface area contributed by atoms with Crippen molar-refractivity contribution in [1.29, 1.82) is 0 Å². The zero-order chi connectivity index (χ0) is 14.8. The van der Waals surface area contributed by atoms with E-state index in [9.17, 15) is 0 Å². The summed E-state index contributed by atoms with van der Waals surface area (Å²) >= 11 is 0. The van der Waals surface area contributed by atoms with Crippen LogP contribution in [0, 0.1) is 0 Å². The van der Waals surface area contributed by atoms with Crippen molar-refractivity contribution in [3.05, 3.63) is 54.1 Å². The Bertz CT molecular complexity index is 720. The minimum absolute atomic E-state index is 0.187. The normalized spacial score (nSPS) is 11.2. The summed E-state index contributed by atoms with van der Waals surface area (Å²) in [4.78, 5) is 0. The minimum Gasteiger partial charge on any atom is -0.491 e. The van der Waals surface area contributed by atoms with Gasteiger partial charge in [0.25, 0.3) is 0 Å². The summed E-state index contributed by atoms with van der Waals surface area (Å²) in [7, 11) is 0. The van der Waals surface area contributed by atoms with Crippen LogP contribution in [0.25, 0.3) is 22.3 Å². The molecule has 1 heterocycles. The van der Waals surface area contributed by atoms with Crippen molar-refractivity contribution in [3.8, 4) is 17.1 Å². The van der Waals surface area contributed by atoms with Gasteiger partial charge in [0.15, 0.2) is 0 Å². The Balaban J connectivity index is 2.02. The van der Waals surface area contributed by atoms with Crippen molar-refractivity contribution in [2.75, 3.05) is 0 Å². The monoisotopic (exact) mass is 280 g/mol.